The summed E-state index contributed by atoms with van der Waals surface area (Å²) in [7, 11) is -3.43. The lowest BCUT2D eigenvalue weighted by molar-refractivity contribution is 0.253. The van der Waals surface area contributed by atoms with Crippen LogP contribution in [0.3, 0.4) is 0 Å². The largest absolute Gasteiger partial charge is 0.326 e. The standard InChI is InChI=1S/C11H17N3O2S/c1-9-4-6-14(8-11(9)12)17(15,16)10-3-2-5-13-7-10/h2-3,5,7,9,11H,4,6,8,12H2,1H3. The highest BCUT2D eigenvalue weighted by Gasteiger charge is 2.31. The molecule has 1 saturated heterocycles. The number of pyridine rings is 1. The average molecular weight is 255 g/mol. The van der Waals surface area contributed by atoms with Crippen LogP contribution >= 0.6 is 0 Å². The highest BCUT2D eigenvalue weighted by atomic mass is 32.2. The summed E-state index contributed by atoms with van der Waals surface area (Å²) in [5.74, 6) is 0.371. The van der Waals surface area contributed by atoms with Crippen LogP contribution in [0.15, 0.2) is 29.4 Å². The molecule has 94 valence electrons. The van der Waals surface area contributed by atoms with Crippen LogP contribution in [0.25, 0.3) is 0 Å². The van der Waals surface area contributed by atoms with Crippen LogP contribution in [0.2, 0.25) is 0 Å². The van der Waals surface area contributed by atoms with E-state index in [4.69, 9.17) is 5.73 Å². The summed E-state index contributed by atoms with van der Waals surface area (Å²) in [5.41, 5.74) is 5.92. The van der Waals surface area contributed by atoms with Crippen LogP contribution in [0.5, 0.6) is 0 Å². The van der Waals surface area contributed by atoms with E-state index in [1.807, 2.05) is 0 Å². The topological polar surface area (TPSA) is 76.3 Å². The normalized spacial score (nSPS) is 26.9. The van der Waals surface area contributed by atoms with E-state index < -0.39 is 10.0 Å². The lowest BCUT2D eigenvalue weighted by Gasteiger charge is -2.34. The molecule has 1 fully saturated rings. The van der Waals surface area contributed by atoms with E-state index in [-0.39, 0.29) is 10.9 Å². The zero-order chi connectivity index (χ0) is 12.5. The highest BCUT2D eigenvalue weighted by molar-refractivity contribution is 7.89. The van der Waals surface area contributed by atoms with Gasteiger partial charge in [-0.05, 0) is 24.5 Å². The third-order valence-corrected chi connectivity index (χ3v) is 5.10. The maximum atomic E-state index is 12.3. The van der Waals surface area contributed by atoms with Crippen molar-refractivity contribution in [3.05, 3.63) is 24.5 Å². The molecule has 0 amide bonds. The van der Waals surface area contributed by atoms with Crippen LogP contribution in [-0.4, -0.2) is 36.8 Å². The number of piperidine rings is 1. The van der Waals surface area contributed by atoms with E-state index >= 15 is 0 Å². The zero-order valence-electron chi connectivity index (χ0n) is 9.78. The summed E-state index contributed by atoms with van der Waals surface area (Å²) in [6.45, 7) is 2.98. The predicted octanol–water partition coefficient (Wildman–Crippen LogP) is 0.439. The second kappa shape index (κ2) is 4.72. The maximum absolute atomic E-state index is 12.3. The molecule has 0 saturated carbocycles. The Morgan fingerprint density at radius 1 is 1.53 bits per heavy atom. The fraction of sp³-hybridized carbons (Fsp3) is 0.545. The second-order valence-corrected chi connectivity index (χ2v) is 6.42. The van der Waals surface area contributed by atoms with E-state index in [9.17, 15) is 8.42 Å². The first-order valence-electron chi connectivity index (χ1n) is 5.67. The predicted molar refractivity (Wildman–Crippen MR) is 64.8 cm³/mol. The molecule has 5 nitrogen and oxygen atoms in total. The summed E-state index contributed by atoms with van der Waals surface area (Å²) < 4.78 is 26.0. The molecule has 0 aromatic carbocycles. The first-order valence-corrected chi connectivity index (χ1v) is 7.11. The van der Waals surface area contributed by atoms with Crippen molar-refractivity contribution >= 4 is 10.0 Å². The maximum Gasteiger partial charge on any atom is 0.244 e. The van der Waals surface area contributed by atoms with E-state index in [2.05, 4.69) is 11.9 Å². The summed E-state index contributed by atoms with van der Waals surface area (Å²) in [5, 5.41) is 0. The van der Waals surface area contributed by atoms with E-state index in [1.54, 1.807) is 18.3 Å². The summed E-state index contributed by atoms with van der Waals surface area (Å²) >= 11 is 0. The van der Waals surface area contributed by atoms with Gasteiger partial charge in [0.15, 0.2) is 0 Å². The number of nitrogens with two attached hydrogens (primary N) is 1. The minimum Gasteiger partial charge on any atom is -0.326 e. The van der Waals surface area contributed by atoms with Gasteiger partial charge < -0.3 is 5.73 Å². The molecule has 1 aliphatic rings. The number of hydrogen-bond acceptors (Lipinski definition) is 4. The van der Waals surface area contributed by atoms with Gasteiger partial charge in [-0.2, -0.15) is 4.31 Å². The third-order valence-electron chi connectivity index (χ3n) is 3.25. The van der Waals surface area contributed by atoms with Gasteiger partial charge in [0.25, 0.3) is 0 Å². The number of hydrogen-bond donors (Lipinski definition) is 1. The van der Waals surface area contributed by atoms with Crippen molar-refractivity contribution in [3.8, 4) is 0 Å². The van der Waals surface area contributed by atoms with Crippen molar-refractivity contribution in [2.24, 2.45) is 11.7 Å². The zero-order valence-corrected chi connectivity index (χ0v) is 10.6. The Balaban J connectivity index is 2.23. The molecule has 6 heteroatoms. The Morgan fingerprint density at radius 3 is 2.88 bits per heavy atom. The average Bonchev–Trinajstić information content (AvgIpc) is 2.33. The van der Waals surface area contributed by atoms with Crippen molar-refractivity contribution < 1.29 is 8.42 Å². The van der Waals surface area contributed by atoms with Crippen LogP contribution in [0.1, 0.15) is 13.3 Å². The molecular formula is C11H17N3O2S. The molecular weight excluding hydrogens is 238 g/mol. The lowest BCUT2D eigenvalue weighted by Crippen LogP contribution is -2.49. The molecule has 0 aliphatic carbocycles. The molecule has 2 atom stereocenters. The van der Waals surface area contributed by atoms with Gasteiger partial charge in [-0.3, -0.25) is 4.98 Å². The minimum absolute atomic E-state index is 0.0878. The molecule has 1 aromatic rings. The molecule has 0 bridgehead atoms. The Hall–Kier alpha value is -0.980. The minimum atomic E-state index is -3.43. The molecule has 1 aromatic heterocycles. The van der Waals surface area contributed by atoms with Crippen LogP contribution in [-0.2, 0) is 10.0 Å². The number of sulfonamides is 1. The number of rotatable bonds is 2. The van der Waals surface area contributed by atoms with Crippen LogP contribution in [0, 0.1) is 5.92 Å². The van der Waals surface area contributed by atoms with Crippen molar-refractivity contribution in [1.82, 2.24) is 9.29 Å². The lowest BCUT2D eigenvalue weighted by atomic mass is 9.96. The van der Waals surface area contributed by atoms with Gasteiger partial charge in [0.2, 0.25) is 10.0 Å². The van der Waals surface area contributed by atoms with E-state index in [0.29, 0.717) is 19.0 Å². The van der Waals surface area contributed by atoms with Crippen molar-refractivity contribution in [3.63, 3.8) is 0 Å². The van der Waals surface area contributed by atoms with Gasteiger partial charge in [0.1, 0.15) is 4.90 Å². The smallest absolute Gasteiger partial charge is 0.244 e. The molecule has 1 aliphatic heterocycles. The Morgan fingerprint density at radius 2 is 2.29 bits per heavy atom. The van der Waals surface area contributed by atoms with Gasteiger partial charge in [-0.1, -0.05) is 6.92 Å². The van der Waals surface area contributed by atoms with Gasteiger partial charge >= 0.3 is 0 Å². The van der Waals surface area contributed by atoms with Gasteiger partial charge in [0.05, 0.1) is 0 Å². The molecule has 17 heavy (non-hydrogen) atoms. The number of aromatic nitrogens is 1. The Labute approximate surface area is 102 Å². The van der Waals surface area contributed by atoms with Crippen molar-refractivity contribution in [2.45, 2.75) is 24.3 Å². The Kier molecular flexibility index (Phi) is 3.46. The summed E-state index contributed by atoms with van der Waals surface area (Å²) in [6, 6.07) is 3.10. The second-order valence-electron chi connectivity index (χ2n) is 4.48. The molecule has 2 unspecified atom stereocenters. The van der Waals surface area contributed by atoms with Gasteiger partial charge in [-0.25, -0.2) is 8.42 Å². The number of nitrogens with zero attached hydrogens (tertiary/aromatic N) is 2. The van der Waals surface area contributed by atoms with Gasteiger partial charge in [-0.15, -0.1) is 0 Å². The SMILES string of the molecule is CC1CCN(S(=O)(=O)c2cccnc2)CC1N. The third kappa shape index (κ3) is 2.48. The van der Waals surface area contributed by atoms with E-state index in [0.717, 1.165) is 6.42 Å². The molecule has 0 spiro atoms. The molecule has 2 rings (SSSR count). The molecule has 2 heterocycles. The first-order chi connectivity index (χ1) is 8.01. The Bertz CT molecular complexity index is 475. The summed E-state index contributed by atoms with van der Waals surface area (Å²) in [6.07, 6.45) is 3.74. The quantitative estimate of drug-likeness (QED) is 0.832. The van der Waals surface area contributed by atoms with Crippen LogP contribution in [0.4, 0.5) is 0 Å². The fourth-order valence-electron chi connectivity index (χ4n) is 1.94. The van der Waals surface area contributed by atoms with Crippen molar-refractivity contribution in [2.75, 3.05) is 13.1 Å². The first kappa shape index (κ1) is 12.5. The molecule has 2 N–H and O–H groups in total. The highest BCUT2D eigenvalue weighted by Crippen LogP contribution is 2.22. The summed E-state index contributed by atoms with van der Waals surface area (Å²) in [4.78, 5) is 4.08. The van der Waals surface area contributed by atoms with Crippen molar-refractivity contribution in [1.29, 1.82) is 0 Å². The van der Waals surface area contributed by atoms with Gasteiger partial charge in [0, 0.05) is 31.5 Å². The fourth-order valence-corrected chi connectivity index (χ4v) is 3.39. The molecule has 0 radical (unpaired) electrons. The van der Waals surface area contributed by atoms with Crippen LogP contribution < -0.4 is 5.73 Å². The van der Waals surface area contributed by atoms with E-state index in [1.165, 1.54) is 10.5 Å². The monoisotopic (exact) mass is 255 g/mol.